The Kier molecular flexibility index (Phi) is 3.81. The van der Waals surface area contributed by atoms with Crippen LogP contribution >= 0.6 is 0 Å². The van der Waals surface area contributed by atoms with Crippen LogP contribution in [0.5, 0.6) is 5.88 Å². The summed E-state index contributed by atoms with van der Waals surface area (Å²) in [5.74, 6) is 0.429. The van der Waals surface area contributed by atoms with E-state index < -0.39 is 0 Å². The van der Waals surface area contributed by atoms with Gasteiger partial charge in [0.25, 0.3) is 0 Å². The van der Waals surface area contributed by atoms with Gasteiger partial charge in [0.1, 0.15) is 12.4 Å². The molecule has 98 valence electrons. The number of hydrogen-bond donors (Lipinski definition) is 2. The summed E-state index contributed by atoms with van der Waals surface area (Å²) in [4.78, 5) is 4.32. The molecule has 0 radical (unpaired) electrons. The lowest BCUT2D eigenvalue weighted by Gasteiger charge is -2.15. The molecule has 1 atom stereocenters. The van der Waals surface area contributed by atoms with Gasteiger partial charge in [-0.15, -0.1) is 0 Å². The van der Waals surface area contributed by atoms with E-state index >= 15 is 0 Å². The normalized spacial score (nSPS) is 18.9. The number of pyridine rings is 1. The number of amidine groups is 1. The fourth-order valence-corrected chi connectivity index (χ4v) is 2.18. The molecule has 0 aromatic carbocycles. The number of ether oxygens (including phenoxy) is 2. The molecule has 1 aromatic heterocycles. The molecule has 1 saturated heterocycles. The van der Waals surface area contributed by atoms with Gasteiger partial charge in [-0.3, -0.25) is 5.41 Å². The van der Waals surface area contributed by atoms with Gasteiger partial charge in [-0.05, 0) is 38.3 Å². The highest BCUT2D eigenvalue weighted by atomic mass is 16.5. The topological polar surface area (TPSA) is 81.2 Å². The number of nitrogens with two attached hydrogens (primary N) is 1. The van der Waals surface area contributed by atoms with E-state index in [-0.39, 0.29) is 11.9 Å². The van der Waals surface area contributed by atoms with E-state index in [1.807, 2.05) is 19.9 Å². The van der Waals surface area contributed by atoms with Crippen molar-refractivity contribution in [3.8, 4) is 5.88 Å². The number of aryl methyl sites for hydroxylation is 2. The van der Waals surface area contributed by atoms with Crippen molar-refractivity contribution >= 4 is 5.84 Å². The highest BCUT2D eigenvalue weighted by Crippen LogP contribution is 2.22. The Morgan fingerprint density at radius 1 is 1.61 bits per heavy atom. The quantitative estimate of drug-likeness (QED) is 0.626. The van der Waals surface area contributed by atoms with Gasteiger partial charge in [-0.2, -0.15) is 0 Å². The third-order valence-electron chi connectivity index (χ3n) is 3.01. The minimum absolute atomic E-state index is 0.0117. The van der Waals surface area contributed by atoms with E-state index in [0.29, 0.717) is 18.1 Å². The summed E-state index contributed by atoms with van der Waals surface area (Å²) in [6, 6.07) is 1.90. The summed E-state index contributed by atoms with van der Waals surface area (Å²) in [6.07, 6.45) is 2.22. The molecule has 2 heterocycles. The first-order chi connectivity index (χ1) is 8.58. The van der Waals surface area contributed by atoms with Crippen molar-refractivity contribution in [3.05, 3.63) is 22.9 Å². The van der Waals surface area contributed by atoms with E-state index in [4.69, 9.17) is 20.6 Å². The van der Waals surface area contributed by atoms with Crippen molar-refractivity contribution in [1.29, 1.82) is 5.41 Å². The van der Waals surface area contributed by atoms with Crippen LogP contribution in [0.25, 0.3) is 0 Å². The van der Waals surface area contributed by atoms with Gasteiger partial charge in [-0.25, -0.2) is 4.98 Å². The molecule has 3 N–H and O–H groups in total. The third kappa shape index (κ3) is 2.79. The zero-order valence-electron chi connectivity index (χ0n) is 10.8. The summed E-state index contributed by atoms with van der Waals surface area (Å²) in [5.41, 5.74) is 7.94. The second-order valence-electron chi connectivity index (χ2n) is 4.62. The second kappa shape index (κ2) is 5.35. The van der Waals surface area contributed by atoms with Crippen molar-refractivity contribution in [2.45, 2.75) is 32.8 Å². The molecule has 0 bridgehead atoms. The van der Waals surface area contributed by atoms with Crippen molar-refractivity contribution in [2.75, 3.05) is 13.2 Å². The molecule has 0 aliphatic carbocycles. The second-order valence-corrected chi connectivity index (χ2v) is 4.62. The fraction of sp³-hybridized carbons (Fsp3) is 0.538. The Bertz CT molecular complexity index is 454. The highest BCUT2D eigenvalue weighted by molar-refractivity contribution is 5.98. The highest BCUT2D eigenvalue weighted by Gasteiger charge is 2.19. The molecule has 5 heteroatoms. The van der Waals surface area contributed by atoms with Crippen LogP contribution in [0.2, 0.25) is 0 Å². The van der Waals surface area contributed by atoms with E-state index in [1.165, 1.54) is 0 Å². The molecule has 0 amide bonds. The Balaban J connectivity index is 2.16. The zero-order valence-corrected chi connectivity index (χ0v) is 10.8. The summed E-state index contributed by atoms with van der Waals surface area (Å²) in [7, 11) is 0. The van der Waals surface area contributed by atoms with Crippen molar-refractivity contribution in [2.24, 2.45) is 5.73 Å². The largest absolute Gasteiger partial charge is 0.474 e. The lowest BCUT2D eigenvalue weighted by Crippen LogP contribution is -2.21. The van der Waals surface area contributed by atoms with Crippen molar-refractivity contribution in [1.82, 2.24) is 4.98 Å². The maximum Gasteiger partial charge on any atom is 0.225 e. The molecule has 1 aromatic rings. The van der Waals surface area contributed by atoms with Crippen LogP contribution in [0.1, 0.15) is 29.7 Å². The predicted molar refractivity (Wildman–Crippen MR) is 69.2 cm³/mol. The van der Waals surface area contributed by atoms with Gasteiger partial charge in [0, 0.05) is 12.3 Å². The number of hydrogen-bond acceptors (Lipinski definition) is 4. The predicted octanol–water partition coefficient (Wildman–Crippen LogP) is 1.54. The monoisotopic (exact) mass is 249 g/mol. The Labute approximate surface area is 107 Å². The van der Waals surface area contributed by atoms with Crippen LogP contribution in [0.3, 0.4) is 0 Å². The van der Waals surface area contributed by atoms with Crippen LogP contribution in [0.15, 0.2) is 6.07 Å². The Morgan fingerprint density at radius 2 is 2.39 bits per heavy atom. The molecular weight excluding hydrogens is 230 g/mol. The van der Waals surface area contributed by atoms with Gasteiger partial charge >= 0.3 is 0 Å². The number of nitrogen functional groups attached to an aromatic ring is 1. The molecule has 1 aliphatic heterocycles. The van der Waals surface area contributed by atoms with Gasteiger partial charge in [0.05, 0.1) is 11.7 Å². The third-order valence-corrected chi connectivity index (χ3v) is 3.01. The first-order valence-corrected chi connectivity index (χ1v) is 6.15. The lowest BCUT2D eigenvalue weighted by molar-refractivity contribution is 0.0662. The average Bonchev–Trinajstić information content (AvgIpc) is 2.77. The van der Waals surface area contributed by atoms with E-state index in [9.17, 15) is 0 Å². The first kappa shape index (κ1) is 12.8. The minimum atomic E-state index is -0.0117. The molecule has 0 spiro atoms. The van der Waals surface area contributed by atoms with Crippen molar-refractivity contribution < 1.29 is 9.47 Å². The summed E-state index contributed by atoms with van der Waals surface area (Å²) in [6.45, 7) is 5.07. The SMILES string of the molecule is Cc1cc(C)c(C(=N)N)c(OCC2CCCO2)n1. The van der Waals surface area contributed by atoms with Crippen LogP contribution in [-0.4, -0.2) is 30.1 Å². The molecule has 1 fully saturated rings. The van der Waals surface area contributed by atoms with E-state index in [2.05, 4.69) is 4.98 Å². The van der Waals surface area contributed by atoms with Gasteiger partial charge < -0.3 is 15.2 Å². The molecular formula is C13H19N3O2. The molecule has 5 nitrogen and oxygen atoms in total. The van der Waals surface area contributed by atoms with E-state index in [0.717, 1.165) is 30.7 Å². The van der Waals surface area contributed by atoms with Gasteiger partial charge in [-0.1, -0.05) is 0 Å². The maximum atomic E-state index is 7.60. The Morgan fingerprint density at radius 3 is 3.00 bits per heavy atom. The number of nitrogens with one attached hydrogen (secondary N) is 1. The summed E-state index contributed by atoms with van der Waals surface area (Å²) >= 11 is 0. The van der Waals surface area contributed by atoms with Crippen LogP contribution in [0, 0.1) is 19.3 Å². The van der Waals surface area contributed by atoms with E-state index in [1.54, 1.807) is 0 Å². The van der Waals surface area contributed by atoms with Crippen LogP contribution in [0.4, 0.5) is 0 Å². The average molecular weight is 249 g/mol. The zero-order chi connectivity index (χ0) is 13.1. The number of nitrogens with zero attached hydrogens (tertiary/aromatic N) is 1. The standard InChI is InChI=1S/C13H19N3O2/c1-8-6-9(2)16-13(11(8)12(14)15)18-7-10-4-3-5-17-10/h6,10H,3-5,7H2,1-2H3,(H3,14,15). The maximum absolute atomic E-state index is 7.60. The Hall–Kier alpha value is -1.62. The fourth-order valence-electron chi connectivity index (χ4n) is 2.18. The smallest absolute Gasteiger partial charge is 0.225 e. The molecule has 2 rings (SSSR count). The number of aromatic nitrogens is 1. The molecule has 1 unspecified atom stereocenters. The lowest BCUT2D eigenvalue weighted by atomic mass is 10.1. The van der Waals surface area contributed by atoms with Crippen LogP contribution in [-0.2, 0) is 4.74 Å². The van der Waals surface area contributed by atoms with Crippen molar-refractivity contribution in [3.63, 3.8) is 0 Å². The number of rotatable bonds is 4. The molecule has 0 saturated carbocycles. The molecule has 1 aliphatic rings. The molecule has 18 heavy (non-hydrogen) atoms. The minimum Gasteiger partial charge on any atom is -0.474 e. The summed E-state index contributed by atoms with van der Waals surface area (Å²) in [5, 5.41) is 7.60. The first-order valence-electron chi connectivity index (χ1n) is 6.15. The van der Waals surface area contributed by atoms with Gasteiger partial charge in [0.15, 0.2) is 0 Å². The van der Waals surface area contributed by atoms with Gasteiger partial charge in [0.2, 0.25) is 5.88 Å². The van der Waals surface area contributed by atoms with Crippen LogP contribution < -0.4 is 10.5 Å². The summed E-state index contributed by atoms with van der Waals surface area (Å²) < 4.78 is 11.2.